The minimum absolute atomic E-state index is 0.0258. The Balaban J connectivity index is 2.87. The summed E-state index contributed by atoms with van der Waals surface area (Å²) in [5.41, 5.74) is 0.790. The minimum atomic E-state index is -0.416. The summed E-state index contributed by atoms with van der Waals surface area (Å²) in [5, 5.41) is 9.58. The van der Waals surface area contributed by atoms with Gasteiger partial charge in [-0.2, -0.15) is 0 Å². The molecule has 0 radical (unpaired) electrons. The van der Waals surface area contributed by atoms with Crippen molar-refractivity contribution in [2.45, 2.75) is 39.2 Å². The fraction of sp³-hybridized carbons (Fsp3) is 0.636. The van der Waals surface area contributed by atoms with Crippen LogP contribution in [0, 0.1) is 0 Å². The smallest absolute Gasteiger partial charge is 0.232 e. The van der Waals surface area contributed by atoms with Gasteiger partial charge in [-0.05, 0) is 20.3 Å². The van der Waals surface area contributed by atoms with E-state index >= 15 is 0 Å². The molecule has 4 heteroatoms. The van der Waals surface area contributed by atoms with Crippen LogP contribution in [-0.2, 0) is 0 Å². The van der Waals surface area contributed by atoms with Crippen LogP contribution in [0.1, 0.15) is 38.8 Å². The van der Waals surface area contributed by atoms with Crippen molar-refractivity contribution in [3.05, 3.63) is 18.1 Å². The summed E-state index contributed by atoms with van der Waals surface area (Å²) in [6.07, 6.45) is 3.69. The van der Waals surface area contributed by atoms with Crippen molar-refractivity contribution in [2.24, 2.45) is 0 Å². The zero-order valence-corrected chi connectivity index (χ0v) is 9.47. The van der Waals surface area contributed by atoms with E-state index < -0.39 is 6.10 Å². The van der Waals surface area contributed by atoms with E-state index in [1.165, 1.54) is 0 Å². The van der Waals surface area contributed by atoms with E-state index in [9.17, 15) is 5.11 Å². The number of nitrogens with zero attached hydrogens (tertiary/aromatic N) is 2. The molecule has 0 aromatic carbocycles. The number of aliphatic hydroxyl groups excluding tert-OH is 1. The van der Waals surface area contributed by atoms with Gasteiger partial charge in [0.05, 0.1) is 24.6 Å². The third-order valence-corrected chi connectivity index (χ3v) is 2.33. The Kier molecular flexibility index (Phi) is 4.49. The Hall–Kier alpha value is -1.16. The van der Waals surface area contributed by atoms with E-state index in [1.54, 1.807) is 19.3 Å². The highest BCUT2D eigenvalue weighted by atomic mass is 16.5. The zero-order chi connectivity index (χ0) is 11.3. The molecule has 2 atom stereocenters. The van der Waals surface area contributed by atoms with Crippen LogP contribution in [0.3, 0.4) is 0 Å². The van der Waals surface area contributed by atoms with E-state index in [0.717, 1.165) is 12.1 Å². The Bertz CT molecular complexity index is 302. The van der Waals surface area contributed by atoms with Crippen molar-refractivity contribution in [3.8, 4) is 5.88 Å². The molecular formula is C11H18N2O2. The summed E-state index contributed by atoms with van der Waals surface area (Å²) >= 11 is 0. The SMILES string of the molecule is CCOc1cncc(C(CC)C(C)O)n1. The number of ether oxygens (including phenoxy) is 1. The van der Waals surface area contributed by atoms with Crippen LogP contribution in [0.5, 0.6) is 5.88 Å². The Morgan fingerprint density at radius 2 is 2.13 bits per heavy atom. The van der Waals surface area contributed by atoms with Crippen molar-refractivity contribution in [3.63, 3.8) is 0 Å². The number of aromatic nitrogens is 2. The van der Waals surface area contributed by atoms with E-state index in [1.807, 2.05) is 13.8 Å². The maximum atomic E-state index is 9.58. The van der Waals surface area contributed by atoms with E-state index in [-0.39, 0.29) is 5.92 Å². The normalized spacial score (nSPS) is 14.7. The highest BCUT2D eigenvalue weighted by molar-refractivity contribution is 5.13. The molecule has 84 valence electrons. The molecule has 0 aliphatic carbocycles. The average molecular weight is 210 g/mol. The van der Waals surface area contributed by atoms with Crippen LogP contribution in [-0.4, -0.2) is 27.8 Å². The van der Waals surface area contributed by atoms with Crippen LogP contribution < -0.4 is 4.74 Å². The zero-order valence-electron chi connectivity index (χ0n) is 9.47. The molecule has 0 spiro atoms. The molecule has 1 rings (SSSR count). The average Bonchev–Trinajstić information content (AvgIpc) is 2.19. The summed E-state index contributed by atoms with van der Waals surface area (Å²) < 4.78 is 5.27. The van der Waals surface area contributed by atoms with Gasteiger partial charge in [-0.1, -0.05) is 6.92 Å². The summed E-state index contributed by atoms with van der Waals surface area (Å²) in [7, 11) is 0. The summed E-state index contributed by atoms with van der Waals surface area (Å²) in [6.45, 7) is 6.26. The molecular weight excluding hydrogens is 192 g/mol. The largest absolute Gasteiger partial charge is 0.477 e. The van der Waals surface area contributed by atoms with Crippen LogP contribution in [0.2, 0.25) is 0 Å². The summed E-state index contributed by atoms with van der Waals surface area (Å²) in [6, 6.07) is 0. The summed E-state index contributed by atoms with van der Waals surface area (Å²) in [4.78, 5) is 8.37. The lowest BCUT2D eigenvalue weighted by Crippen LogP contribution is -2.15. The predicted molar refractivity (Wildman–Crippen MR) is 57.9 cm³/mol. The summed E-state index contributed by atoms with van der Waals surface area (Å²) in [5.74, 6) is 0.548. The molecule has 0 saturated heterocycles. The van der Waals surface area contributed by atoms with E-state index in [4.69, 9.17) is 4.74 Å². The first-order valence-corrected chi connectivity index (χ1v) is 5.31. The minimum Gasteiger partial charge on any atom is -0.477 e. The standard InChI is InChI=1S/C11H18N2O2/c1-4-9(8(3)14)10-6-12-7-11(13-10)15-5-2/h6-9,14H,4-5H2,1-3H3. The first kappa shape index (κ1) is 11.9. The van der Waals surface area contributed by atoms with Gasteiger partial charge in [-0.3, -0.25) is 4.98 Å². The van der Waals surface area contributed by atoms with Crippen molar-refractivity contribution < 1.29 is 9.84 Å². The van der Waals surface area contributed by atoms with Gasteiger partial charge in [0.2, 0.25) is 5.88 Å². The first-order valence-electron chi connectivity index (χ1n) is 5.31. The number of hydrogen-bond acceptors (Lipinski definition) is 4. The van der Waals surface area contributed by atoms with Gasteiger partial charge in [0, 0.05) is 12.1 Å². The molecule has 4 nitrogen and oxygen atoms in total. The molecule has 15 heavy (non-hydrogen) atoms. The van der Waals surface area contributed by atoms with Gasteiger partial charge in [0.25, 0.3) is 0 Å². The lowest BCUT2D eigenvalue weighted by atomic mass is 9.97. The van der Waals surface area contributed by atoms with Crippen LogP contribution in [0.25, 0.3) is 0 Å². The molecule has 1 aromatic heterocycles. The molecule has 0 fully saturated rings. The van der Waals surface area contributed by atoms with Gasteiger partial charge >= 0.3 is 0 Å². The lowest BCUT2D eigenvalue weighted by molar-refractivity contribution is 0.157. The quantitative estimate of drug-likeness (QED) is 0.804. The molecule has 0 aliphatic heterocycles. The monoisotopic (exact) mass is 210 g/mol. The van der Waals surface area contributed by atoms with Crippen molar-refractivity contribution >= 4 is 0 Å². The molecule has 0 aliphatic rings. The third-order valence-electron chi connectivity index (χ3n) is 2.33. The van der Waals surface area contributed by atoms with Gasteiger partial charge in [0.1, 0.15) is 0 Å². The van der Waals surface area contributed by atoms with Crippen LogP contribution in [0.4, 0.5) is 0 Å². The highest BCUT2D eigenvalue weighted by Gasteiger charge is 2.17. The molecule has 2 unspecified atom stereocenters. The molecule has 1 heterocycles. The maximum absolute atomic E-state index is 9.58. The Labute approximate surface area is 90.3 Å². The van der Waals surface area contributed by atoms with Gasteiger partial charge in [0.15, 0.2) is 0 Å². The fourth-order valence-electron chi connectivity index (χ4n) is 1.56. The Morgan fingerprint density at radius 3 is 2.67 bits per heavy atom. The number of hydrogen-bond donors (Lipinski definition) is 1. The Morgan fingerprint density at radius 1 is 1.40 bits per heavy atom. The molecule has 0 saturated carbocycles. The van der Waals surface area contributed by atoms with Crippen molar-refractivity contribution in [1.29, 1.82) is 0 Å². The predicted octanol–water partition coefficient (Wildman–Crippen LogP) is 1.75. The molecule has 1 N–H and O–H groups in total. The molecule has 0 amide bonds. The third kappa shape index (κ3) is 3.16. The van der Waals surface area contributed by atoms with Gasteiger partial charge < -0.3 is 9.84 Å². The second-order valence-electron chi connectivity index (χ2n) is 3.47. The topological polar surface area (TPSA) is 55.2 Å². The maximum Gasteiger partial charge on any atom is 0.232 e. The van der Waals surface area contributed by atoms with Crippen LogP contribution >= 0.6 is 0 Å². The fourth-order valence-corrected chi connectivity index (χ4v) is 1.56. The van der Waals surface area contributed by atoms with E-state index in [0.29, 0.717) is 12.5 Å². The van der Waals surface area contributed by atoms with Crippen molar-refractivity contribution in [2.75, 3.05) is 6.61 Å². The van der Waals surface area contributed by atoms with Gasteiger partial charge in [-0.25, -0.2) is 4.98 Å². The second-order valence-corrected chi connectivity index (χ2v) is 3.47. The van der Waals surface area contributed by atoms with E-state index in [2.05, 4.69) is 9.97 Å². The van der Waals surface area contributed by atoms with Crippen molar-refractivity contribution in [1.82, 2.24) is 9.97 Å². The highest BCUT2D eigenvalue weighted by Crippen LogP contribution is 2.22. The molecule has 0 bridgehead atoms. The first-order chi connectivity index (χ1) is 7.19. The van der Waals surface area contributed by atoms with Gasteiger partial charge in [-0.15, -0.1) is 0 Å². The number of aliphatic hydroxyl groups is 1. The van der Waals surface area contributed by atoms with Crippen LogP contribution in [0.15, 0.2) is 12.4 Å². The number of rotatable bonds is 5. The molecule has 1 aromatic rings. The lowest BCUT2D eigenvalue weighted by Gasteiger charge is -2.17. The second kappa shape index (κ2) is 5.66.